The van der Waals surface area contributed by atoms with Crippen molar-refractivity contribution >= 4 is 9.84 Å². The zero-order chi connectivity index (χ0) is 15.0. The zero-order valence-corrected chi connectivity index (χ0v) is 13.7. The largest absolute Gasteiger partial charge is 0.310 e. The van der Waals surface area contributed by atoms with E-state index in [1.165, 1.54) is 30.2 Å². The van der Waals surface area contributed by atoms with E-state index >= 15 is 0 Å². The minimum Gasteiger partial charge on any atom is -0.310 e. The van der Waals surface area contributed by atoms with Gasteiger partial charge in [0.25, 0.3) is 0 Å². The van der Waals surface area contributed by atoms with E-state index in [-0.39, 0.29) is 11.8 Å². The van der Waals surface area contributed by atoms with Crippen molar-refractivity contribution in [2.24, 2.45) is 0 Å². The van der Waals surface area contributed by atoms with E-state index in [9.17, 15) is 8.42 Å². The average molecular weight is 297 g/mol. The number of aryl methyl sites for hydroxylation is 1. The predicted octanol–water partition coefficient (Wildman–Crippen LogP) is 3.11. The first-order valence-electron chi connectivity index (χ1n) is 7.42. The van der Waals surface area contributed by atoms with E-state index in [2.05, 4.69) is 43.4 Å². The highest BCUT2D eigenvalue weighted by atomic mass is 32.2. The predicted molar refractivity (Wildman–Crippen MR) is 85.8 cm³/mol. The van der Waals surface area contributed by atoms with E-state index < -0.39 is 9.84 Å². The standard InChI is InChI=1S/C16H27NO2S/c1-4-5-7-15-8-10-16(11-9-15)14(2)17-12-6-13-20(3,18)19/h8-11,14,17H,4-7,12-13H2,1-3H3. The van der Waals surface area contributed by atoms with Gasteiger partial charge in [-0.3, -0.25) is 0 Å². The maximum atomic E-state index is 11.0. The molecule has 0 amide bonds. The topological polar surface area (TPSA) is 46.2 Å². The van der Waals surface area contributed by atoms with Gasteiger partial charge in [-0.25, -0.2) is 8.42 Å². The van der Waals surface area contributed by atoms with E-state index in [4.69, 9.17) is 0 Å². The summed E-state index contributed by atoms with van der Waals surface area (Å²) in [6.07, 6.45) is 5.55. The Kier molecular flexibility index (Phi) is 7.24. The molecule has 0 bridgehead atoms. The summed E-state index contributed by atoms with van der Waals surface area (Å²) in [6, 6.07) is 8.98. The van der Waals surface area contributed by atoms with Crippen molar-refractivity contribution in [3.63, 3.8) is 0 Å². The fourth-order valence-electron chi connectivity index (χ4n) is 2.12. The van der Waals surface area contributed by atoms with Crippen LogP contribution in [0, 0.1) is 0 Å². The molecule has 3 nitrogen and oxygen atoms in total. The molecule has 0 radical (unpaired) electrons. The van der Waals surface area contributed by atoms with Crippen LogP contribution in [0.5, 0.6) is 0 Å². The molecule has 1 N–H and O–H groups in total. The third-order valence-corrected chi connectivity index (χ3v) is 4.47. The van der Waals surface area contributed by atoms with Gasteiger partial charge in [-0.05, 0) is 43.9 Å². The lowest BCUT2D eigenvalue weighted by Crippen LogP contribution is -2.21. The SMILES string of the molecule is CCCCc1ccc(C(C)NCCCS(C)(=O)=O)cc1. The Morgan fingerprint density at radius 2 is 1.80 bits per heavy atom. The molecule has 0 aromatic heterocycles. The molecule has 0 aliphatic carbocycles. The minimum atomic E-state index is -2.84. The zero-order valence-electron chi connectivity index (χ0n) is 12.9. The number of hydrogen-bond acceptors (Lipinski definition) is 3. The van der Waals surface area contributed by atoms with Gasteiger partial charge >= 0.3 is 0 Å². The first-order valence-corrected chi connectivity index (χ1v) is 9.48. The van der Waals surface area contributed by atoms with Crippen LogP contribution in [0.1, 0.15) is 50.3 Å². The monoisotopic (exact) mass is 297 g/mol. The molecule has 0 aliphatic heterocycles. The molecule has 0 spiro atoms. The minimum absolute atomic E-state index is 0.253. The number of benzene rings is 1. The summed E-state index contributed by atoms with van der Waals surface area (Å²) in [6.45, 7) is 5.05. The molecule has 1 aromatic rings. The third kappa shape index (κ3) is 7.06. The summed E-state index contributed by atoms with van der Waals surface area (Å²) >= 11 is 0. The Bertz CT molecular complexity index is 480. The van der Waals surface area contributed by atoms with Gasteiger partial charge < -0.3 is 5.32 Å². The Hall–Kier alpha value is -0.870. The van der Waals surface area contributed by atoms with Crippen molar-refractivity contribution < 1.29 is 8.42 Å². The number of hydrogen-bond donors (Lipinski definition) is 1. The highest BCUT2D eigenvalue weighted by molar-refractivity contribution is 7.90. The van der Waals surface area contributed by atoms with Crippen molar-refractivity contribution in [3.8, 4) is 0 Å². The van der Waals surface area contributed by atoms with Crippen LogP contribution in [-0.4, -0.2) is 27.0 Å². The maximum absolute atomic E-state index is 11.0. The lowest BCUT2D eigenvalue weighted by Gasteiger charge is -2.14. The lowest BCUT2D eigenvalue weighted by molar-refractivity contribution is 0.562. The summed E-state index contributed by atoms with van der Waals surface area (Å²) in [7, 11) is -2.84. The average Bonchev–Trinajstić information content (AvgIpc) is 2.40. The molecular weight excluding hydrogens is 270 g/mol. The molecule has 114 valence electrons. The molecule has 0 aliphatic rings. The Morgan fingerprint density at radius 1 is 1.15 bits per heavy atom. The van der Waals surface area contributed by atoms with Crippen molar-refractivity contribution in [1.29, 1.82) is 0 Å². The van der Waals surface area contributed by atoms with Crippen molar-refractivity contribution in [2.75, 3.05) is 18.6 Å². The van der Waals surface area contributed by atoms with Gasteiger partial charge in [-0.1, -0.05) is 37.6 Å². The van der Waals surface area contributed by atoms with E-state index in [1.807, 2.05) is 0 Å². The van der Waals surface area contributed by atoms with Crippen LogP contribution in [0.4, 0.5) is 0 Å². The quantitative estimate of drug-likeness (QED) is 0.712. The van der Waals surface area contributed by atoms with Gasteiger partial charge in [-0.2, -0.15) is 0 Å². The van der Waals surface area contributed by atoms with Gasteiger partial charge in [0.1, 0.15) is 9.84 Å². The Morgan fingerprint density at radius 3 is 2.35 bits per heavy atom. The van der Waals surface area contributed by atoms with Crippen LogP contribution in [0.3, 0.4) is 0 Å². The van der Waals surface area contributed by atoms with E-state index in [0.29, 0.717) is 6.42 Å². The molecule has 1 atom stereocenters. The fraction of sp³-hybridized carbons (Fsp3) is 0.625. The van der Waals surface area contributed by atoms with Gasteiger partial charge in [0.2, 0.25) is 0 Å². The second-order valence-corrected chi connectivity index (χ2v) is 7.76. The van der Waals surface area contributed by atoms with Crippen LogP contribution in [0.15, 0.2) is 24.3 Å². The Labute approximate surface area is 123 Å². The molecule has 1 unspecified atom stereocenters. The smallest absolute Gasteiger partial charge is 0.147 e. The second-order valence-electron chi connectivity index (χ2n) is 5.50. The van der Waals surface area contributed by atoms with Crippen LogP contribution in [0.2, 0.25) is 0 Å². The summed E-state index contributed by atoms with van der Waals surface area (Å²) < 4.78 is 22.1. The molecule has 0 saturated carbocycles. The lowest BCUT2D eigenvalue weighted by atomic mass is 10.0. The van der Waals surface area contributed by atoms with Crippen LogP contribution < -0.4 is 5.32 Å². The van der Waals surface area contributed by atoms with Gasteiger partial charge in [0, 0.05) is 12.3 Å². The molecule has 1 aromatic carbocycles. The van der Waals surface area contributed by atoms with Crippen LogP contribution in [0.25, 0.3) is 0 Å². The van der Waals surface area contributed by atoms with Crippen molar-refractivity contribution in [3.05, 3.63) is 35.4 Å². The normalized spacial score (nSPS) is 13.3. The molecule has 0 heterocycles. The maximum Gasteiger partial charge on any atom is 0.147 e. The molecule has 20 heavy (non-hydrogen) atoms. The highest BCUT2D eigenvalue weighted by Crippen LogP contribution is 2.14. The fourth-order valence-corrected chi connectivity index (χ4v) is 2.79. The summed E-state index contributed by atoms with van der Waals surface area (Å²) in [4.78, 5) is 0. The highest BCUT2D eigenvalue weighted by Gasteiger charge is 2.06. The van der Waals surface area contributed by atoms with Crippen molar-refractivity contribution in [2.45, 2.75) is 45.6 Å². The van der Waals surface area contributed by atoms with Gasteiger partial charge in [0.05, 0.1) is 5.75 Å². The Balaban J connectivity index is 2.37. The summed E-state index contributed by atoms with van der Waals surface area (Å²) in [5.41, 5.74) is 2.64. The van der Waals surface area contributed by atoms with Crippen LogP contribution in [-0.2, 0) is 16.3 Å². The van der Waals surface area contributed by atoms with Crippen LogP contribution >= 0.6 is 0 Å². The molecular formula is C16H27NO2S. The van der Waals surface area contributed by atoms with E-state index in [0.717, 1.165) is 13.0 Å². The summed E-state index contributed by atoms with van der Waals surface area (Å²) in [5.74, 6) is 0.253. The molecule has 0 fully saturated rings. The summed E-state index contributed by atoms with van der Waals surface area (Å²) in [5, 5.41) is 3.37. The molecule has 0 saturated heterocycles. The number of sulfone groups is 1. The van der Waals surface area contributed by atoms with Gasteiger partial charge in [0.15, 0.2) is 0 Å². The number of nitrogens with one attached hydrogen (secondary N) is 1. The van der Waals surface area contributed by atoms with Gasteiger partial charge in [-0.15, -0.1) is 0 Å². The van der Waals surface area contributed by atoms with E-state index in [1.54, 1.807) is 0 Å². The van der Waals surface area contributed by atoms with Crippen molar-refractivity contribution in [1.82, 2.24) is 5.32 Å². The first kappa shape index (κ1) is 17.2. The first-order chi connectivity index (χ1) is 9.42. The molecule has 1 rings (SSSR count). The number of unbranched alkanes of at least 4 members (excludes halogenated alkanes) is 1. The third-order valence-electron chi connectivity index (χ3n) is 3.44. The number of rotatable bonds is 9. The second kappa shape index (κ2) is 8.42. The molecule has 4 heteroatoms.